The summed E-state index contributed by atoms with van der Waals surface area (Å²) >= 11 is 6.37. The number of anilines is 1. The zero-order chi connectivity index (χ0) is 9.97. The van der Waals surface area contributed by atoms with E-state index in [4.69, 9.17) is 12.2 Å². The third kappa shape index (κ3) is 2.80. The molecule has 1 aromatic heterocycles. The van der Waals surface area contributed by atoms with Crippen LogP contribution in [0.3, 0.4) is 0 Å². The van der Waals surface area contributed by atoms with E-state index in [1.54, 1.807) is 24.5 Å². The van der Waals surface area contributed by atoms with E-state index in [9.17, 15) is 4.79 Å². The minimum atomic E-state index is -0.0168. The lowest BCUT2D eigenvalue weighted by Crippen LogP contribution is -2.34. The van der Waals surface area contributed by atoms with Gasteiger partial charge in [-0.3, -0.25) is 15.2 Å². The van der Waals surface area contributed by atoms with E-state index in [0.717, 1.165) is 5.69 Å². The highest BCUT2D eigenvalue weighted by molar-refractivity contribution is 8.23. The Morgan fingerprint density at radius 3 is 2.67 bits per heavy atom. The fourth-order valence-corrected chi connectivity index (χ4v) is 1.99. The number of hydrogen-bond donors (Lipinski definition) is 1. The second-order valence-electron chi connectivity index (χ2n) is 2.63. The Kier molecular flexibility index (Phi) is 4.31. The SMILES string of the molecule is Cl.O=C1CSC(=S)N1Nc1ccncc1. The predicted molar refractivity (Wildman–Crippen MR) is 67.0 cm³/mol. The van der Waals surface area contributed by atoms with Gasteiger partial charge in [0.05, 0.1) is 11.4 Å². The molecule has 1 aromatic rings. The van der Waals surface area contributed by atoms with Gasteiger partial charge in [-0.1, -0.05) is 24.0 Å². The van der Waals surface area contributed by atoms with Crippen molar-refractivity contribution in [3.8, 4) is 0 Å². The minimum absolute atomic E-state index is 0. The van der Waals surface area contributed by atoms with E-state index < -0.39 is 0 Å². The number of carbonyl (C=O) groups is 1. The van der Waals surface area contributed by atoms with Crippen LogP contribution in [0.4, 0.5) is 5.69 Å². The van der Waals surface area contributed by atoms with Crippen LogP contribution in [0.2, 0.25) is 0 Å². The predicted octanol–water partition coefficient (Wildman–Crippen LogP) is 1.69. The van der Waals surface area contributed by atoms with Crippen molar-refractivity contribution in [1.29, 1.82) is 0 Å². The number of thiocarbonyl (C=S) groups is 1. The average molecular weight is 262 g/mol. The summed E-state index contributed by atoms with van der Waals surface area (Å²) in [5.41, 5.74) is 3.73. The molecule has 1 N–H and O–H groups in total. The first-order chi connectivity index (χ1) is 6.77. The van der Waals surface area contributed by atoms with Gasteiger partial charge in [-0.2, -0.15) is 0 Å². The van der Waals surface area contributed by atoms with Gasteiger partial charge in [0.15, 0.2) is 4.32 Å². The third-order valence-corrected chi connectivity index (χ3v) is 3.03. The van der Waals surface area contributed by atoms with E-state index in [2.05, 4.69) is 10.4 Å². The number of thioether (sulfide) groups is 1. The summed E-state index contributed by atoms with van der Waals surface area (Å²) in [6, 6.07) is 3.55. The molecule has 0 unspecified atom stereocenters. The summed E-state index contributed by atoms with van der Waals surface area (Å²) in [7, 11) is 0. The first-order valence-electron chi connectivity index (χ1n) is 3.94. The molecule has 0 bridgehead atoms. The number of aromatic nitrogens is 1. The first kappa shape index (κ1) is 12.2. The van der Waals surface area contributed by atoms with Crippen molar-refractivity contribution in [2.45, 2.75) is 0 Å². The van der Waals surface area contributed by atoms with Gasteiger partial charge in [0.2, 0.25) is 0 Å². The molecule has 2 heterocycles. The molecule has 0 atom stereocenters. The number of halogens is 1. The van der Waals surface area contributed by atoms with Gasteiger partial charge >= 0.3 is 0 Å². The Morgan fingerprint density at radius 1 is 1.47 bits per heavy atom. The number of carbonyl (C=O) groups excluding carboxylic acids is 1. The number of pyridine rings is 1. The maximum absolute atomic E-state index is 11.3. The lowest BCUT2D eigenvalue weighted by Gasteiger charge is -2.16. The second kappa shape index (κ2) is 5.29. The summed E-state index contributed by atoms with van der Waals surface area (Å²) < 4.78 is 0.562. The molecule has 7 heteroatoms. The van der Waals surface area contributed by atoms with E-state index in [1.165, 1.54) is 16.8 Å². The van der Waals surface area contributed by atoms with E-state index in [-0.39, 0.29) is 18.3 Å². The van der Waals surface area contributed by atoms with Gasteiger partial charge in [-0.05, 0) is 12.1 Å². The van der Waals surface area contributed by atoms with Crippen molar-refractivity contribution < 1.29 is 4.79 Å². The number of nitrogens with zero attached hydrogens (tertiary/aromatic N) is 2. The molecule has 80 valence electrons. The molecule has 0 spiro atoms. The standard InChI is InChI=1S/C8H7N3OS2.ClH/c12-7-5-14-8(13)11(7)10-6-1-3-9-4-2-6;/h1-4H,5H2,(H,9,10);1H. The normalized spacial score (nSPS) is 15.1. The lowest BCUT2D eigenvalue weighted by molar-refractivity contribution is -0.123. The lowest BCUT2D eigenvalue weighted by atomic mass is 10.4. The van der Waals surface area contributed by atoms with Gasteiger partial charge in [0.1, 0.15) is 0 Å². The Morgan fingerprint density at radius 2 is 2.13 bits per heavy atom. The van der Waals surface area contributed by atoms with Crippen LogP contribution in [-0.2, 0) is 4.79 Å². The maximum atomic E-state index is 11.3. The average Bonchev–Trinajstić information content (AvgIpc) is 2.51. The van der Waals surface area contributed by atoms with Gasteiger partial charge in [-0.25, -0.2) is 5.01 Å². The first-order valence-corrected chi connectivity index (χ1v) is 5.33. The number of hydrogen-bond acceptors (Lipinski definition) is 5. The van der Waals surface area contributed by atoms with Crippen molar-refractivity contribution in [2.24, 2.45) is 0 Å². The molecule has 0 aliphatic carbocycles. The molecule has 1 aliphatic rings. The maximum Gasteiger partial charge on any atom is 0.257 e. The van der Waals surface area contributed by atoms with Crippen LogP contribution in [0.15, 0.2) is 24.5 Å². The van der Waals surface area contributed by atoms with Gasteiger partial charge in [0, 0.05) is 12.4 Å². The topological polar surface area (TPSA) is 45.2 Å². The van der Waals surface area contributed by atoms with E-state index in [0.29, 0.717) is 10.1 Å². The Hall–Kier alpha value is -0.850. The molecule has 0 saturated carbocycles. The fourth-order valence-electron chi connectivity index (χ4n) is 1.02. The molecule has 1 aliphatic heterocycles. The molecule has 1 fully saturated rings. The molecular weight excluding hydrogens is 254 g/mol. The van der Waals surface area contributed by atoms with Crippen LogP contribution in [0.25, 0.3) is 0 Å². The monoisotopic (exact) mass is 261 g/mol. The second-order valence-corrected chi connectivity index (χ2v) is 4.24. The highest BCUT2D eigenvalue weighted by Gasteiger charge is 2.26. The van der Waals surface area contributed by atoms with E-state index in [1.807, 2.05) is 0 Å². The molecule has 1 saturated heterocycles. The van der Waals surface area contributed by atoms with Gasteiger partial charge in [-0.15, -0.1) is 12.4 Å². The molecule has 0 radical (unpaired) electrons. The van der Waals surface area contributed by atoms with Crippen molar-refractivity contribution in [3.63, 3.8) is 0 Å². The minimum Gasteiger partial charge on any atom is -0.290 e. The van der Waals surface area contributed by atoms with Crippen LogP contribution in [0, 0.1) is 0 Å². The molecule has 2 rings (SSSR count). The molecule has 1 amide bonds. The fraction of sp³-hybridized carbons (Fsp3) is 0.125. The van der Waals surface area contributed by atoms with Gasteiger partial charge in [0.25, 0.3) is 5.91 Å². The summed E-state index contributed by atoms with van der Waals surface area (Å²) in [6.45, 7) is 0. The van der Waals surface area contributed by atoms with Crippen molar-refractivity contribution >= 4 is 52.3 Å². The molecular formula is C8H8ClN3OS2. The van der Waals surface area contributed by atoms with Crippen molar-refractivity contribution in [1.82, 2.24) is 9.99 Å². The van der Waals surface area contributed by atoms with Crippen LogP contribution in [0.1, 0.15) is 0 Å². The van der Waals surface area contributed by atoms with Crippen molar-refractivity contribution in [2.75, 3.05) is 11.2 Å². The smallest absolute Gasteiger partial charge is 0.257 e. The molecule has 4 nitrogen and oxygen atoms in total. The Balaban J connectivity index is 0.00000112. The van der Waals surface area contributed by atoms with Crippen LogP contribution in [0.5, 0.6) is 0 Å². The Bertz CT molecular complexity index is 357. The van der Waals surface area contributed by atoms with Crippen LogP contribution < -0.4 is 5.43 Å². The number of hydrazine groups is 1. The summed E-state index contributed by atoms with van der Waals surface area (Å²) in [4.78, 5) is 15.2. The van der Waals surface area contributed by atoms with Crippen LogP contribution >= 0.6 is 36.4 Å². The van der Waals surface area contributed by atoms with Gasteiger partial charge < -0.3 is 0 Å². The number of amides is 1. The number of nitrogens with one attached hydrogen (secondary N) is 1. The third-order valence-electron chi connectivity index (χ3n) is 1.67. The zero-order valence-corrected chi connectivity index (χ0v) is 9.99. The summed E-state index contributed by atoms with van der Waals surface area (Å²) in [6.07, 6.45) is 3.30. The number of rotatable bonds is 2. The zero-order valence-electron chi connectivity index (χ0n) is 7.54. The highest BCUT2D eigenvalue weighted by Crippen LogP contribution is 2.20. The van der Waals surface area contributed by atoms with Crippen LogP contribution in [-0.4, -0.2) is 26.0 Å². The molecule has 0 aromatic carbocycles. The highest BCUT2D eigenvalue weighted by atomic mass is 35.5. The van der Waals surface area contributed by atoms with Crippen molar-refractivity contribution in [3.05, 3.63) is 24.5 Å². The quantitative estimate of drug-likeness (QED) is 0.821. The van der Waals surface area contributed by atoms with E-state index >= 15 is 0 Å². The summed E-state index contributed by atoms with van der Waals surface area (Å²) in [5, 5.41) is 1.38. The summed E-state index contributed by atoms with van der Waals surface area (Å²) in [5.74, 6) is 0.397. The molecule has 15 heavy (non-hydrogen) atoms. The Labute approximate surface area is 103 Å². The largest absolute Gasteiger partial charge is 0.290 e.